The van der Waals surface area contributed by atoms with Gasteiger partial charge in [0.05, 0.1) is 12.8 Å². The standard InChI is InChI=1S/C9H20N2O/c1-3-11(4-2)7-9-5-6-10-8-12-9/h9-10H,3-8H2,1-2H3. The maximum atomic E-state index is 5.56. The van der Waals surface area contributed by atoms with Crippen molar-refractivity contribution < 1.29 is 4.74 Å². The Morgan fingerprint density at radius 2 is 2.17 bits per heavy atom. The summed E-state index contributed by atoms with van der Waals surface area (Å²) < 4.78 is 5.56. The van der Waals surface area contributed by atoms with Crippen LogP contribution in [-0.4, -0.2) is 43.9 Å². The predicted octanol–water partition coefficient (Wildman–Crippen LogP) is 0.664. The zero-order valence-electron chi connectivity index (χ0n) is 8.18. The minimum atomic E-state index is 0.450. The molecule has 1 fully saturated rings. The van der Waals surface area contributed by atoms with Gasteiger partial charge in [0, 0.05) is 6.54 Å². The maximum Gasteiger partial charge on any atom is 0.0969 e. The fraction of sp³-hybridized carbons (Fsp3) is 1.00. The van der Waals surface area contributed by atoms with Crippen LogP contribution in [0, 0.1) is 0 Å². The summed E-state index contributed by atoms with van der Waals surface area (Å²) in [4.78, 5) is 2.41. The van der Waals surface area contributed by atoms with Crippen molar-refractivity contribution in [3.63, 3.8) is 0 Å². The smallest absolute Gasteiger partial charge is 0.0969 e. The van der Waals surface area contributed by atoms with Crippen molar-refractivity contribution in [1.82, 2.24) is 10.2 Å². The maximum absolute atomic E-state index is 5.56. The topological polar surface area (TPSA) is 24.5 Å². The van der Waals surface area contributed by atoms with Crippen molar-refractivity contribution >= 4 is 0 Å². The molecule has 0 aromatic rings. The number of hydrogen-bond acceptors (Lipinski definition) is 3. The molecule has 0 bridgehead atoms. The van der Waals surface area contributed by atoms with Crippen LogP contribution in [0.25, 0.3) is 0 Å². The summed E-state index contributed by atoms with van der Waals surface area (Å²) in [5.74, 6) is 0. The van der Waals surface area contributed by atoms with E-state index in [0.29, 0.717) is 6.10 Å². The van der Waals surface area contributed by atoms with Crippen LogP contribution in [0.4, 0.5) is 0 Å². The van der Waals surface area contributed by atoms with Gasteiger partial charge in [0.15, 0.2) is 0 Å². The second-order valence-corrected chi connectivity index (χ2v) is 3.21. The first-order chi connectivity index (χ1) is 5.86. The van der Waals surface area contributed by atoms with E-state index in [1.807, 2.05) is 0 Å². The zero-order chi connectivity index (χ0) is 8.81. The Kier molecular flexibility index (Phi) is 4.58. The average molecular weight is 172 g/mol. The van der Waals surface area contributed by atoms with E-state index in [9.17, 15) is 0 Å². The van der Waals surface area contributed by atoms with Crippen LogP contribution >= 0.6 is 0 Å². The Hall–Kier alpha value is -0.120. The third-order valence-electron chi connectivity index (χ3n) is 2.42. The van der Waals surface area contributed by atoms with Crippen LogP contribution in [0.15, 0.2) is 0 Å². The highest BCUT2D eigenvalue weighted by molar-refractivity contribution is 4.68. The van der Waals surface area contributed by atoms with E-state index in [-0.39, 0.29) is 0 Å². The van der Waals surface area contributed by atoms with E-state index in [1.165, 1.54) is 0 Å². The van der Waals surface area contributed by atoms with Crippen molar-refractivity contribution in [3.05, 3.63) is 0 Å². The number of hydrogen-bond donors (Lipinski definition) is 1. The van der Waals surface area contributed by atoms with Crippen molar-refractivity contribution in [2.45, 2.75) is 26.4 Å². The van der Waals surface area contributed by atoms with E-state index in [2.05, 4.69) is 24.1 Å². The molecule has 0 aliphatic carbocycles. The molecule has 0 saturated carbocycles. The normalized spacial score (nSPS) is 24.8. The first-order valence-corrected chi connectivity index (χ1v) is 4.91. The van der Waals surface area contributed by atoms with Gasteiger partial charge in [0.25, 0.3) is 0 Å². The number of nitrogens with zero attached hydrogens (tertiary/aromatic N) is 1. The second-order valence-electron chi connectivity index (χ2n) is 3.21. The predicted molar refractivity (Wildman–Crippen MR) is 50.1 cm³/mol. The van der Waals surface area contributed by atoms with Crippen LogP contribution in [0.3, 0.4) is 0 Å². The Labute approximate surface area is 75.1 Å². The average Bonchev–Trinajstić information content (AvgIpc) is 2.16. The van der Waals surface area contributed by atoms with Gasteiger partial charge in [-0.05, 0) is 26.1 Å². The summed E-state index contributed by atoms with van der Waals surface area (Å²) in [7, 11) is 0. The molecule has 1 rings (SSSR count). The highest BCUT2D eigenvalue weighted by Gasteiger charge is 2.15. The van der Waals surface area contributed by atoms with Gasteiger partial charge >= 0.3 is 0 Å². The van der Waals surface area contributed by atoms with E-state index in [4.69, 9.17) is 4.74 Å². The van der Waals surface area contributed by atoms with Crippen molar-refractivity contribution in [3.8, 4) is 0 Å². The van der Waals surface area contributed by atoms with Crippen LogP contribution in [0.5, 0.6) is 0 Å². The third kappa shape index (κ3) is 3.09. The van der Waals surface area contributed by atoms with Crippen LogP contribution in [0.1, 0.15) is 20.3 Å². The quantitative estimate of drug-likeness (QED) is 0.674. The Morgan fingerprint density at radius 1 is 1.42 bits per heavy atom. The number of ether oxygens (including phenoxy) is 1. The Bertz CT molecular complexity index is 109. The molecule has 1 heterocycles. The summed E-state index contributed by atoms with van der Waals surface area (Å²) in [5.41, 5.74) is 0. The molecule has 1 aliphatic rings. The summed E-state index contributed by atoms with van der Waals surface area (Å²) in [6, 6.07) is 0. The molecule has 1 saturated heterocycles. The van der Waals surface area contributed by atoms with E-state index in [0.717, 1.165) is 39.3 Å². The number of nitrogens with one attached hydrogen (secondary N) is 1. The monoisotopic (exact) mass is 172 g/mol. The van der Waals surface area contributed by atoms with Gasteiger partial charge in [-0.1, -0.05) is 13.8 Å². The van der Waals surface area contributed by atoms with E-state index >= 15 is 0 Å². The summed E-state index contributed by atoms with van der Waals surface area (Å²) in [6.07, 6.45) is 1.60. The highest BCUT2D eigenvalue weighted by atomic mass is 16.5. The fourth-order valence-corrected chi connectivity index (χ4v) is 1.51. The summed E-state index contributed by atoms with van der Waals surface area (Å²) in [5, 5.41) is 3.18. The first-order valence-electron chi connectivity index (χ1n) is 4.91. The van der Waals surface area contributed by atoms with Crippen molar-refractivity contribution in [2.75, 3.05) is 32.9 Å². The molecule has 0 aromatic carbocycles. The molecule has 1 N–H and O–H groups in total. The molecular formula is C9H20N2O. The molecule has 1 aliphatic heterocycles. The lowest BCUT2D eigenvalue weighted by atomic mass is 10.2. The largest absolute Gasteiger partial charge is 0.362 e. The molecule has 0 aromatic heterocycles. The first kappa shape index (κ1) is 9.96. The van der Waals surface area contributed by atoms with Gasteiger partial charge in [0.1, 0.15) is 0 Å². The fourth-order valence-electron chi connectivity index (χ4n) is 1.51. The van der Waals surface area contributed by atoms with Crippen molar-refractivity contribution in [1.29, 1.82) is 0 Å². The van der Waals surface area contributed by atoms with Crippen LogP contribution in [0.2, 0.25) is 0 Å². The minimum absolute atomic E-state index is 0.450. The van der Waals surface area contributed by atoms with Gasteiger partial charge < -0.3 is 9.64 Å². The van der Waals surface area contributed by atoms with Crippen LogP contribution in [-0.2, 0) is 4.74 Å². The molecule has 0 radical (unpaired) electrons. The minimum Gasteiger partial charge on any atom is -0.362 e. The third-order valence-corrected chi connectivity index (χ3v) is 2.42. The Balaban J connectivity index is 2.18. The van der Waals surface area contributed by atoms with Gasteiger partial charge in [0.2, 0.25) is 0 Å². The highest BCUT2D eigenvalue weighted by Crippen LogP contribution is 2.04. The Morgan fingerprint density at radius 3 is 2.67 bits per heavy atom. The molecule has 3 nitrogen and oxygen atoms in total. The lowest BCUT2D eigenvalue weighted by Gasteiger charge is -2.28. The van der Waals surface area contributed by atoms with Gasteiger partial charge in [-0.25, -0.2) is 0 Å². The summed E-state index contributed by atoms with van der Waals surface area (Å²) >= 11 is 0. The molecule has 0 amide bonds. The molecule has 0 spiro atoms. The molecular weight excluding hydrogens is 152 g/mol. The lowest BCUT2D eigenvalue weighted by Crippen LogP contribution is -2.41. The molecule has 1 atom stereocenters. The van der Waals surface area contributed by atoms with Crippen LogP contribution < -0.4 is 5.32 Å². The molecule has 12 heavy (non-hydrogen) atoms. The van der Waals surface area contributed by atoms with Gasteiger partial charge in [-0.2, -0.15) is 0 Å². The SMILES string of the molecule is CCN(CC)CC1CCNCO1. The van der Waals surface area contributed by atoms with Gasteiger partial charge in [-0.3, -0.25) is 5.32 Å². The zero-order valence-corrected chi connectivity index (χ0v) is 8.18. The lowest BCUT2D eigenvalue weighted by molar-refractivity contribution is -0.0113. The van der Waals surface area contributed by atoms with E-state index < -0.39 is 0 Å². The summed E-state index contributed by atoms with van der Waals surface area (Å²) in [6.45, 7) is 9.58. The molecule has 1 unspecified atom stereocenters. The van der Waals surface area contributed by atoms with Crippen molar-refractivity contribution in [2.24, 2.45) is 0 Å². The van der Waals surface area contributed by atoms with Gasteiger partial charge in [-0.15, -0.1) is 0 Å². The number of rotatable bonds is 4. The molecule has 72 valence electrons. The second kappa shape index (κ2) is 5.51. The van der Waals surface area contributed by atoms with E-state index in [1.54, 1.807) is 0 Å². The number of likely N-dealkylation sites (N-methyl/N-ethyl adjacent to an activating group) is 1. The molecule has 3 heteroatoms.